The Balaban J connectivity index is 2.05. The molecular weight excluding hydrogens is 296 g/mol. The van der Waals surface area contributed by atoms with Gasteiger partial charge in [-0.3, -0.25) is 19.0 Å². The maximum Gasteiger partial charge on any atom is 0.254 e. The molecule has 0 bridgehead atoms. The van der Waals surface area contributed by atoms with Gasteiger partial charge in [0.1, 0.15) is 6.54 Å². The van der Waals surface area contributed by atoms with Gasteiger partial charge in [0.15, 0.2) is 0 Å². The average Bonchev–Trinajstić information content (AvgIpc) is 2.49. The van der Waals surface area contributed by atoms with Gasteiger partial charge in [0, 0.05) is 17.3 Å². The molecule has 7 heteroatoms. The van der Waals surface area contributed by atoms with Gasteiger partial charge in [0.2, 0.25) is 11.8 Å². The van der Waals surface area contributed by atoms with Crippen molar-refractivity contribution >= 4 is 17.5 Å². The van der Waals surface area contributed by atoms with Crippen molar-refractivity contribution in [1.82, 2.24) is 9.55 Å². The molecule has 0 aliphatic heterocycles. The number of aromatic nitrogens is 2. The number of nitrogens with two attached hydrogens (primary N) is 1. The highest BCUT2D eigenvalue weighted by Crippen LogP contribution is 2.09. The van der Waals surface area contributed by atoms with Crippen LogP contribution < -0.4 is 16.6 Å². The molecule has 120 valence electrons. The van der Waals surface area contributed by atoms with Crippen molar-refractivity contribution < 1.29 is 9.59 Å². The Morgan fingerprint density at radius 1 is 1.26 bits per heavy atom. The number of carbonyl (C=O) groups is 2. The van der Waals surface area contributed by atoms with E-state index in [0.717, 1.165) is 0 Å². The van der Waals surface area contributed by atoms with Gasteiger partial charge in [-0.15, -0.1) is 0 Å². The smallest absolute Gasteiger partial charge is 0.254 e. The lowest BCUT2D eigenvalue weighted by Crippen LogP contribution is -2.28. The minimum Gasteiger partial charge on any atom is -0.366 e. The predicted molar refractivity (Wildman–Crippen MR) is 86.2 cm³/mol. The SMILES string of the molecule is CC(C)c1cc(=O)n(CC(=O)Nc2ccc(C(N)=O)cc2)cn1. The largest absolute Gasteiger partial charge is 0.366 e. The first-order valence-electron chi connectivity index (χ1n) is 7.13. The van der Waals surface area contributed by atoms with Crippen LogP contribution in [0.5, 0.6) is 0 Å². The summed E-state index contributed by atoms with van der Waals surface area (Å²) in [6.45, 7) is 3.74. The lowest BCUT2D eigenvalue weighted by molar-refractivity contribution is -0.116. The van der Waals surface area contributed by atoms with Gasteiger partial charge < -0.3 is 11.1 Å². The highest BCUT2D eigenvalue weighted by Gasteiger charge is 2.08. The normalized spacial score (nSPS) is 10.6. The number of amides is 2. The molecule has 1 aromatic carbocycles. The summed E-state index contributed by atoms with van der Waals surface area (Å²) in [5.41, 5.74) is 6.43. The van der Waals surface area contributed by atoms with E-state index in [-0.39, 0.29) is 23.9 Å². The number of benzene rings is 1. The first kappa shape index (κ1) is 16.4. The van der Waals surface area contributed by atoms with Crippen LogP contribution >= 0.6 is 0 Å². The van der Waals surface area contributed by atoms with Crippen LogP contribution in [0.3, 0.4) is 0 Å². The number of nitrogens with one attached hydrogen (secondary N) is 1. The molecule has 0 aliphatic rings. The summed E-state index contributed by atoms with van der Waals surface area (Å²) in [5, 5.41) is 2.64. The third kappa shape index (κ3) is 4.26. The molecule has 2 aromatic rings. The molecule has 0 fully saturated rings. The zero-order chi connectivity index (χ0) is 17.0. The second-order valence-corrected chi connectivity index (χ2v) is 5.42. The fourth-order valence-electron chi connectivity index (χ4n) is 1.95. The minimum atomic E-state index is -0.536. The minimum absolute atomic E-state index is 0.137. The van der Waals surface area contributed by atoms with E-state index in [9.17, 15) is 14.4 Å². The predicted octanol–water partition coefficient (Wildman–Crippen LogP) is 1.10. The van der Waals surface area contributed by atoms with E-state index >= 15 is 0 Å². The molecule has 0 saturated carbocycles. The van der Waals surface area contributed by atoms with E-state index in [4.69, 9.17) is 5.73 Å². The number of carbonyl (C=O) groups excluding carboxylic acids is 2. The maximum atomic E-state index is 12.0. The van der Waals surface area contributed by atoms with E-state index < -0.39 is 5.91 Å². The Morgan fingerprint density at radius 3 is 2.43 bits per heavy atom. The van der Waals surface area contributed by atoms with Crippen molar-refractivity contribution in [2.75, 3.05) is 5.32 Å². The summed E-state index contributed by atoms with van der Waals surface area (Å²) in [6.07, 6.45) is 1.37. The Bertz CT molecular complexity index is 779. The molecule has 23 heavy (non-hydrogen) atoms. The molecule has 0 radical (unpaired) electrons. The van der Waals surface area contributed by atoms with Gasteiger partial charge in [-0.1, -0.05) is 13.8 Å². The van der Waals surface area contributed by atoms with Crippen molar-refractivity contribution in [3.8, 4) is 0 Å². The molecule has 0 spiro atoms. The number of hydrogen-bond acceptors (Lipinski definition) is 4. The molecular formula is C16H18N4O3. The Kier molecular flexibility index (Phi) is 4.90. The first-order valence-corrected chi connectivity index (χ1v) is 7.13. The molecule has 1 heterocycles. The number of anilines is 1. The highest BCUT2D eigenvalue weighted by atomic mass is 16.2. The standard InChI is InChI=1S/C16H18N4O3/c1-10(2)13-7-15(22)20(9-18-13)8-14(21)19-12-5-3-11(4-6-12)16(17)23/h3-7,9-10H,8H2,1-2H3,(H2,17,23)(H,19,21). The van der Waals surface area contributed by atoms with E-state index in [1.165, 1.54) is 29.1 Å². The van der Waals surface area contributed by atoms with Gasteiger partial charge in [-0.25, -0.2) is 4.98 Å². The molecule has 0 atom stereocenters. The third-order valence-corrected chi connectivity index (χ3v) is 3.26. The summed E-state index contributed by atoms with van der Waals surface area (Å²) in [7, 11) is 0. The number of rotatable bonds is 5. The summed E-state index contributed by atoms with van der Waals surface area (Å²) in [4.78, 5) is 39.1. The second kappa shape index (κ2) is 6.87. The van der Waals surface area contributed by atoms with Gasteiger partial charge in [-0.05, 0) is 30.2 Å². The van der Waals surface area contributed by atoms with Gasteiger partial charge >= 0.3 is 0 Å². The molecule has 2 rings (SSSR count). The fraction of sp³-hybridized carbons (Fsp3) is 0.250. The summed E-state index contributed by atoms with van der Waals surface area (Å²) in [6, 6.07) is 7.60. The molecule has 2 amide bonds. The number of primary amides is 1. The van der Waals surface area contributed by atoms with E-state index in [1.54, 1.807) is 12.1 Å². The van der Waals surface area contributed by atoms with Crippen LogP contribution in [0.2, 0.25) is 0 Å². The highest BCUT2D eigenvalue weighted by molar-refractivity contribution is 5.94. The van der Waals surface area contributed by atoms with Crippen molar-refractivity contribution in [2.24, 2.45) is 5.73 Å². The Hall–Kier alpha value is -2.96. The zero-order valence-corrected chi connectivity index (χ0v) is 12.9. The van der Waals surface area contributed by atoms with Crippen LogP contribution in [-0.2, 0) is 11.3 Å². The first-order chi connectivity index (χ1) is 10.9. The van der Waals surface area contributed by atoms with E-state index in [2.05, 4.69) is 10.3 Å². The molecule has 0 saturated heterocycles. The fourth-order valence-corrected chi connectivity index (χ4v) is 1.95. The van der Waals surface area contributed by atoms with Gasteiger partial charge in [0.25, 0.3) is 5.56 Å². The summed E-state index contributed by atoms with van der Waals surface area (Å²) in [5.74, 6) is -0.751. The van der Waals surface area contributed by atoms with E-state index in [0.29, 0.717) is 16.9 Å². The molecule has 3 N–H and O–H groups in total. The van der Waals surface area contributed by atoms with Crippen LogP contribution in [0.1, 0.15) is 35.8 Å². The van der Waals surface area contributed by atoms with Crippen LogP contribution in [-0.4, -0.2) is 21.4 Å². The Labute approximate surface area is 133 Å². The molecule has 1 aromatic heterocycles. The van der Waals surface area contributed by atoms with Crippen LogP contribution in [0, 0.1) is 0 Å². The number of hydrogen-bond donors (Lipinski definition) is 2. The van der Waals surface area contributed by atoms with Gasteiger partial charge in [-0.2, -0.15) is 0 Å². The van der Waals surface area contributed by atoms with Crippen molar-refractivity contribution in [2.45, 2.75) is 26.3 Å². The molecule has 0 unspecified atom stereocenters. The zero-order valence-electron chi connectivity index (χ0n) is 12.9. The molecule has 7 nitrogen and oxygen atoms in total. The Morgan fingerprint density at radius 2 is 1.91 bits per heavy atom. The lowest BCUT2D eigenvalue weighted by Gasteiger charge is -2.09. The van der Waals surface area contributed by atoms with Crippen molar-refractivity contribution in [1.29, 1.82) is 0 Å². The maximum absolute atomic E-state index is 12.0. The lowest BCUT2D eigenvalue weighted by atomic mass is 10.1. The van der Waals surface area contributed by atoms with Crippen LogP contribution in [0.4, 0.5) is 5.69 Å². The van der Waals surface area contributed by atoms with Crippen LogP contribution in [0.15, 0.2) is 41.5 Å². The van der Waals surface area contributed by atoms with Crippen molar-refractivity contribution in [3.05, 3.63) is 58.3 Å². The van der Waals surface area contributed by atoms with Crippen molar-refractivity contribution in [3.63, 3.8) is 0 Å². The third-order valence-electron chi connectivity index (χ3n) is 3.26. The topological polar surface area (TPSA) is 107 Å². The summed E-state index contributed by atoms with van der Waals surface area (Å²) >= 11 is 0. The van der Waals surface area contributed by atoms with Crippen LogP contribution in [0.25, 0.3) is 0 Å². The van der Waals surface area contributed by atoms with Gasteiger partial charge in [0.05, 0.1) is 12.0 Å². The monoisotopic (exact) mass is 314 g/mol. The molecule has 0 aliphatic carbocycles. The number of nitrogens with zero attached hydrogens (tertiary/aromatic N) is 2. The quantitative estimate of drug-likeness (QED) is 0.861. The summed E-state index contributed by atoms with van der Waals surface area (Å²) < 4.78 is 1.24. The average molecular weight is 314 g/mol. The van der Waals surface area contributed by atoms with E-state index in [1.807, 2.05) is 13.8 Å². The second-order valence-electron chi connectivity index (χ2n) is 5.42.